The van der Waals surface area contributed by atoms with Gasteiger partial charge in [0.05, 0.1) is 22.8 Å². The fraction of sp³-hybridized carbons (Fsp3) is 0.0667. The number of benzene rings is 4. The SMILES string of the molecule is CO[C@H]1c2nc(c(-c3ccccc3)c3ccc([nH]3)c(-c3ccccc3)c3nc(c(-c4ccccc4)c4ccc([nH]4)c2-c2ccccc2)C=C3)[C@H]1O. The maximum absolute atomic E-state index is 12.2. The van der Waals surface area contributed by atoms with Gasteiger partial charge in [-0.05, 0) is 58.7 Å². The number of nitrogens with one attached hydrogen (secondary N) is 2. The summed E-state index contributed by atoms with van der Waals surface area (Å²) in [4.78, 5) is 18.2. The van der Waals surface area contributed by atoms with Crippen molar-refractivity contribution in [2.75, 3.05) is 7.11 Å². The number of aromatic amines is 2. The number of rotatable bonds is 5. The van der Waals surface area contributed by atoms with Crippen LogP contribution in [0.3, 0.4) is 0 Å². The van der Waals surface area contributed by atoms with Crippen LogP contribution in [0.15, 0.2) is 146 Å². The van der Waals surface area contributed by atoms with Crippen molar-refractivity contribution in [2.45, 2.75) is 12.2 Å². The second kappa shape index (κ2) is 12.8. The Hall–Kier alpha value is -6.34. The van der Waals surface area contributed by atoms with Crippen molar-refractivity contribution in [3.05, 3.63) is 168 Å². The maximum Gasteiger partial charge on any atom is 0.131 e. The number of ether oxygens (including phenoxy) is 1. The number of aromatic nitrogens is 4. The van der Waals surface area contributed by atoms with Gasteiger partial charge < -0.3 is 19.8 Å². The molecule has 8 bridgehead atoms. The second-order valence-electron chi connectivity index (χ2n) is 12.7. The van der Waals surface area contributed by atoms with Gasteiger partial charge in [0.1, 0.15) is 12.2 Å². The molecule has 9 rings (SSSR count). The Morgan fingerprint density at radius 3 is 1.20 bits per heavy atom. The first kappa shape index (κ1) is 30.7. The van der Waals surface area contributed by atoms with Crippen LogP contribution in [-0.2, 0) is 4.74 Å². The number of H-pyrrole nitrogens is 2. The summed E-state index contributed by atoms with van der Waals surface area (Å²) >= 11 is 0. The van der Waals surface area contributed by atoms with E-state index in [1.807, 2.05) is 60.7 Å². The Labute approximate surface area is 295 Å². The van der Waals surface area contributed by atoms with Gasteiger partial charge in [-0.3, -0.25) is 4.98 Å². The van der Waals surface area contributed by atoms with Crippen LogP contribution in [0.25, 0.3) is 78.7 Å². The molecule has 4 aromatic carbocycles. The van der Waals surface area contributed by atoms with Crippen LogP contribution in [0.1, 0.15) is 35.0 Å². The number of hydrogen-bond donors (Lipinski definition) is 3. The molecule has 0 aliphatic carbocycles. The lowest BCUT2D eigenvalue weighted by atomic mass is 9.97. The molecule has 6 nitrogen and oxygen atoms in total. The van der Waals surface area contributed by atoms with E-state index < -0.39 is 12.2 Å². The molecule has 3 N–H and O–H groups in total. The zero-order chi connectivity index (χ0) is 34.3. The van der Waals surface area contributed by atoms with Crippen LogP contribution < -0.4 is 0 Å². The van der Waals surface area contributed by atoms with Crippen LogP contribution in [-0.4, -0.2) is 32.2 Å². The van der Waals surface area contributed by atoms with Crippen molar-refractivity contribution in [3.63, 3.8) is 0 Å². The first-order chi connectivity index (χ1) is 25.2. The predicted molar refractivity (Wildman–Crippen MR) is 206 cm³/mol. The average molecular weight is 663 g/mol. The van der Waals surface area contributed by atoms with Gasteiger partial charge in [0.2, 0.25) is 0 Å². The fourth-order valence-electron chi connectivity index (χ4n) is 7.39. The first-order valence-corrected chi connectivity index (χ1v) is 17.1. The van der Waals surface area contributed by atoms with Crippen LogP contribution in [0.5, 0.6) is 0 Å². The smallest absolute Gasteiger partial charge is 0.131 e. The predicted octanol–water partition coefficient (Wildman–Crippen LogP) is 10.6. The Kier molecular flexibility index (Phi) is 7.73. The molecule has 3 aromatic heterocycles. The zero-order valence-electron chi connectivity index (χ0n) is 27.9. The van der Waals surface area contributed by atoms with E-state index >= 15 is 0 Å². The summed E-state index contributed by atoms with van der Waals surface area (Å²) < 4.78 is 6.11. The topological polar surface area (TPSA) is 86.8 Å². The van der Waals surface area contributed by atoms with Gasteiger partial charge >= 0.3 is 0 Å². The summed E-state index contributed by atoms with van der Waals surface area (Å²) in [6, 6.07) is 49.3. The van der Waals surface area contributed by atoms with E-state index in [9.17, 15) is 5.11 Å². The van der Waals surface area contributed by atoms with E-state index in [0.717, 1.165) is 78.0 Å². The molecule has 51 heavy (non-hydrogen) atoms. The Morgan fingerprint density at radius 2 is 0.804 bits per heavy atom. The molecular formula is C45H34N4O2. The number of methoxy groups -OCH3 is 1. The van der Waals surface area contributed by atoms with Crippen molar-refractivity contribution in [1.82, 2.24) is 19.9 Å². The monoisotopic (exact) mass is 662 g/mol. The van der Waals surface area contributed by atoms with Gasteiger partial charge in [0.25, 0.3) is 0 Å². The highest BCUT2D eigenvalue weighted by molar-refractivity contribution is 5.97. The third-order valence-corrected chi connectivity index (χ3v) is 9.70. The fourth-order valence-corrected chi connectivity index (χ4v) is 7.39. The Balaban J connectivity index is 1.51. The van der Waals surface area contributed by atoms with Gasteiger partial charge in [-0.1, -0.05) is 121 Å². The Morgan fingerprint density at radius 1 is 0.451 bits per heavy atom. The molecule has 0 amide bonds. The minimum Gasteiger partial charge on any atom is -0.384 e. The van der Waals surface area contributed by atoms with Crippen molar-refractivity contribution in [1.29, 1.82) is 0 Å². The third-order valence-electron chi connectivity index (χ3n) is 9.70. The van der Waals surface area contributed by atoms with Gasteiger partial charge in [0, 0.05) is 51.4 Å². The number of aliphatic hydroxyl groups is 1. The summed E-state index contributed by atoms with van der Waals surface area (Å²) in [7, 11) is 1.63. The molecule has 2 atom stereocenters. The molecule has 7 aromatic rings. The zero-order valence-corrected chi connectivity index (χ0v) is 27.9. The number of aliphatic hydroxyl groups excluding tert-OH is 1. The van der Waals surface area contributed by atoms with E-state index in [-0.39, 0.29) is 0 Å². The summed E-state index contributed by atoms with van der Waals surface area (Å²) in [5.41, 5.74) is 14.0. The van der Waals surface area contributed by atoms with E-state index in [1.54, 1.807) is 7.11 Å². The lowest BCUT2D eigenvalue weighted by molar-refractivity contribution is -0.00717. The van der Waals surface area contributed by atoms with Crippen molar-refractivity contribution >= 4 is 34.2 Å². The largest absolute Gasteiger partial charge is 0.384 e. The normalized spacial score (nSPS) is 15.3. The lowest BCUT2D eigenvalue weighted by Crippen LogP contribution is -2.08. The highest BCUT2D eigenvalue weighted by Crippen LogP contribution is 2.45. The molecule has 0 unspecified atom stereocenters. The standard InChI is InChI=1S/C45H34N4O2/c1-51-45-43-41(31-20-12-5-13-21-31)37-27-25-35(48-37)39(29-16-8-3-9-17-29)33-23-22-32(46-33)38(28-14-6-2-7-15-28)34-24-26-36(47-34)40(42(49-43)44(45)50)30-18-10-4-11-19-30/h2-27,44-45,47-48,50H,1H3/t44-,45+/m1/s1. The summed E-state index contributed by atoms with van der Waals surface area (Å²) in [5, 5.41) is 12.2. The quantitative estimate of drug-likeness (QED) is 0.171. The highest BCUT2D eigenvalue weighted by atomic mass is 16.5. The molecule has 0 saturated heterocycles. The summed E-state index contributed by atoms with van der Waals surface area (Å²) in [6.45, 7) is 0. The minimum absolute atomic E-state index is 0.537. The second-order valence-corrected chi connectivity index (χ2v) is 12.7. The Bertz CT molecular complexity index is 2570. The number of fused-ring (bicyclic) bond motifs is 8. The van der Waals surface area contributed by atoms with E-state index in [4.69, 9.17) is 14.7 Å². The molecule has 0 saturated carbocycles. The highest BCUT2D eigenvalue weighted by Gasteiger charge is 2.36. The molecule has 6 heteroatoms. The molecule has 246 valence electrons. The summed E-state index contributed by atoms with van der Waals surface area (Å²) in [5.74, 6) is 0. The van der Waals surface area contributed by atoms with Crippen molar-refractivity contribution < 1.29 is 9.84 Å². The van der Waals surface area contributed by atoms with Crippen molar-refractivity contribution in [3.8, 4) is 44.5 Å². The molecule has 5 heterocycles. The van der Waals surface area contributed by atoms with Crippen molar-refractivity contribution in [2.24, 2.45) is 0 Å². The van der Waals surface area contributed by atoms with Crippen LogP contribution in [0, 0.1) is 0 Å². The van der Waals surface area contributed by atoms with Gasteiger partial charge in [-0.25, -0.2) is 4.98 Å². The molecule has 0 radical (unpaired) electrons. The number of nitrogens with zero attached hydrogens (tertiary/aromatic N) is 2. The van der Waals surface area contributed by atoms with Gasteiger partial charge in [-0.2, -0.15) is 0 Å². The van der Waals surface area contributed by atoms with Gasteiger partial charge in [-0.15, -0.1) is 0 Å². The molecule has 0 spiro atoms. The van der Waals surface area contributed by atoms with E-state index in [0.29, 0.717) is 11.4 Å². The molecule has 2 aliphatic heterocycles. The minimum atomic E-state index is -1.03. The molecule has 2 aliphatic rings. The lowest BCUT2D eigenvalue weighted by Gasteiger charge is -2.16. The summed E-state index contributed by atoms with van der Waals surface area (Å²) in [6.07, 6.45) is 2.46. The number of hydrogen-bond acceptors (Lipinski definition) is 4. The molecule has 0 fully saturated rings. The van der Waals surface area contributed by atoms with E-state index in [1.165, 1.54) is 0 Å². The van der Waals surface area contributed by atoms with Crippen LogP contribution >= 0.6 is 0 Å². The van der Waals surface area contributed by atoms with Gasteiger partial charge in [0.15, 0.2) is 0 Å². The van der Waals surface area contributed by atoms with Crippen LogP contribution in [0.2, 0.25) is 0 Å². The maximum atomic E-state index is 12.2. The van der Waals surface area contributed by atoms with E-state index in [2.05, 4.69) is 107 Å². The average Bonchev–Trinajstić information content (AvgIpc) is 4.01. The first-order valence-electron chi connectivity index (χ1n) is 17.1. The molecular weight excluding hydrogens is 629 g/mol. The van der Waals surface area contributed by atoms with Crippen LogP contribution in [0.4, 0.5) is 0 Å². The third kappa shape index (κ3) is 5.38.